The normalized spacial score (nSPS) is 11.3. The van der Waals surface area contributed by atoms with E-state index in [9.17, 15) is 8.42 Å². The third-order valence-corrected chi connectivity index (χ3v) is 4.30. The Bertz CT molecular complexity index is 680. The third kappa shape index (κ3) is 2.82. The minimum Gasteiger partial charge on any atom is -0.497 e. The lowest BCUT2D eigenvalue weighted by molar-refractivity contribution is 0.415. The van der Waals surface area contributed by atoms with E-state index in [1.165, 1.54) is 18.0 Å². The first-order valence-electron chi connectivity index (χ1n) is 5.28. The van der Waals surface area contributed by atoms with Crippen LogP contribution in [0.5, 0.6) is 5.75 Å². The van der Waals surface area contributed by atoms with Crippen molar-refractivity contribution < 1.29 is 13.2 Å². The van der Waals surface area contributed by atoms with Gasteiger partial charge in [0.25, 0.3) is 10.0 Å². The van der Waals surface area contributed by atoms with E-state index in [4.69, 9.17) is 16.3 Å². The van der Waals surface area contributed by atoms with Crippen LogP contribution in [-0.4, -0.2) is 25.1 Å². The van der Waals surface area contributed by atoms with Gasteiger partial charge < -0.3 is 9.30 Å². The van der Waals surface area contributed by atoms with Crippen molar-refractivity contribution in [3.05, 3.63) is 35.7 Å². The van der Waals surface area contributed by atoms with Crippen LogP contribution in [0, 0.1) is 0 Å². The maximum absolute atomic E-state index is 12.1. The van der Waals surface area contributed by atoms with Crippen LogP contribution in [0.3, 0.4) is 0 Å². The maximum Gasteiger partial charge on any atom is 0.282 e. The number of nitrogens with zero attached hydrogens (tertiary/aromatic N) is 2. The summed E-state index contributed by atoms with van der Waals surface area (Å²) in [5.74, 6) is 0.638. The van der Waals surface area contributed by atoms with Crippen LogP contribution in [0.25, 0.3) is 0 Å². The number of nitrogens with one attached hydrogen (secondary N) is 1. The van der Waals surface area contributed by atoms with Crippen molar-refractivity contribution in [1.29, 1.82) is 0 Å². The number of methoxy groups -OCH3 is 1. The lowest BCUT2D eigenvalue weighted by Gasteiger charge is -2.07. The highest BCUT2D eigenvalue weighted by molar-refractivity contribution is 7.92. The molecule has 102 valence electrons. The molecule has 0 saturated heterocycles. The first-order chi connectivity index (χ1) is 8.94. The van der Waals surface area contributed by atoms with Crippen LogP contribution in [0.4, 0.5) is 5.69 Å². The standard InChI is InChI=1S/C11H12ClN3O3S/c1-15-7-13-11(10(15)12)19(16,17)14-8-3-5-9(18-2)6-4-8/h3-7,14H,1-2H3. The topological polar surface area (TPSA) is 73.2 Å². The molecule has 2 aromatic rings. The molecular weight excluding hydrogens is 290 g/mol. The summed E-state index contributed by atoms with van der Waals surface area (Å²) < 4.78 is 33.0. The summed E-state index contributed by atoms with van der Waals surface area (Å²) in [7, 11) is -0.650. The molecule has 0 aliphatic carbocycles. The van der Waals surface area contributed by atoms with Gasteiger partial charge in [-0.25, -0.2) is 4.98 Å². The van der Waals surface area contributed by atoms with Gasteiger partial charge in [-0.15, -0.1) is 0 Å². The molecular formula is C11H12ClN3O3S. The fourth-order valence-corrected chi connectivity index (χ4v) is 2.93. The van der Waals surface area contributed by atoms with E-state index in [1.54, 1.807) is 31.3 Å². The molecule has 19 heavy (non-hydrogen) atoms. The van der Waals surface area contributed by atoms with Crippen molar-refractivity contribution in [2.75, 3.05) is 11.8 Å². The predicted molar refractivity (Wildman–Crippen MR) is 72.0 cm³/mol. The highest BCUT2D eigenvalue weighted by Crippen LogP contribution is 2.22. The summed E-state index contributed by atoms with van der Waals surface area (Å²) in [5.41, 5.74) is 0.405. The van der Waals surface area contributed by atoms with Gasteiger partial charge in [-0.3, -0.25) is 4.72 Å². The predicted octanol–water partition coefficient (Wildman–Crippen LogP) is 1.88. The monoisotopic (exact) mass is 301 g/mol. The Hall–Kier alpha value is -1.73. The summed E-state index contributed by atoms with van der Waals surface area (Å²) >= 11 is 5.87. The first-order valence-corrected chi connectivity index (χ1v) is 7.14. The molecule has 0 unspecified atom stereocenters. The molecule has 0 aliphatic rings. The Balaban J connectivity index is 2.28. The zero-order chi connectivity index (χ0) is 14.0. The molecule has 8 heteroatoms. The van der Waals surface area contributed by atoms with Crippen LogP contribution >= 0.6 is 11.6 Å². The van der Waals surface area contributed by atoms with Gasteiger partial charge in [0, 0.05) is 12.7 Å². The molecule has 0 spiro atoms. The number of halogens is 1. The Morgan fingerprint density at radius 3 is 2.42 bits per heavy atom. The average Bonchev–Trinajstić information content (AvgIpc) is 2.71. The second-order valence-electron chi connectivity index (χ2n) is 3.79. The van der Waals surface area contributed by atoms with Gasteiger partial charge in [-0.1, -0.05) is 11.6 Å². The minimum atomic E-state index is -3.80. The van der Waals surface area contributed by atoms with Gasteiger partial charge in [-0.2, -0.15) is 8.42 Å². The lowest BCUT2D eigenvalue weighted by atomic mass is 10.3. The molecule has 0 bridgehead atoms. The highest BCUT2D eigenvalue weighted by Gasteiger charge is 2.22. The van der Waals surface area contributed by atoms with Crippen molar-refractivity contribution in [1.82, 2.24) is 9.55 Å². The number of aromatic nitrogens is 2. The lowest BCUT2D eigenvalue weighted by Crippen LogP contribution is -2.14. The summed E-state index contributed by atoms with van der Waals surface area (Å²) in [6, 6.07) is 6.48. The minimum absolute atomic E-state index is 0.0565. The van der Waals surface area contributed by atoms with Crippen molar-refractivity contribution in [2.24, 2.45) is 7.05 Å². The Labute approximate surface area is 116 Å². The van der Waals surface area contributed by atoms with E-state index in [-0.39, 0.29) is 10.2 Å². The first kappa shape index (κ1) is 13.7. The van der Waals surface area contributed by atoms with Gasteiger partial charge >= 0.3 is 0 Å². The fraction of sp³-hybridized carbons (Fsp3) is 0.182. The van der Waals surface area contributed by atoms with Gasteiger partial charge in [0.1, 0.15) is 10.9 Å². The van der Waals surface area contributed by atoms with Gasteiger partial charge in [0.2, 0.25) is 5.03 Å². The highest BCUT2D eigenvalue weighted by atomic mass is 35.5. The number of hydrogen-bond donors (Lipinski definition) is 1. The van der Waals surface area contributed by atoms with Gasteiger partial charge in [0.05, 0.1) is 13.4 Å². The molecule has 0 fully saturated rings. The zero-order valence-corrected chi connectivity index (χ0v) is 11.9. The molecule has 0 amide bonds. The second kappa shape index (κ2) is 5.10. The average molecular weight is 302 g/mol. The summed E-state index contributed by atoms with van der Waals surface area (Å²) in [4.78, 5) is 3.77. The Morgan fingerprint density at radius 2 is 1.95 bits per heavy atom. The molecule has 2 rings (SSSR count). The van der Waals surface area contributed by atoms with Gasteiger partial charge in [-0.05, 0) is 24.3 Å². The number of anilines is 1. The summed E-state index contributed by atoms with van der Waals surface area (Å²) in [5, 5.41) is -0.145. The molecule has 0 radical (unpaired) electrons. The largest absolute Gasteiger partial charge is 0.497 e. The number of ether oxygens (including phenoxy) is 1. The summed E-state index contributed by atoms with van der Waals surface area (Å²) in [6.45, 7) is 0. The van der Waals surface area contributed by atoms with Gasteiger partial charge in [0.15, 0.2) is 0 Å². The molecule has 1 N–H and O–H groups in total. The second-order valence-corrected chi connectivity index (χ2v) is 5.74. The van der Waals surface area contributed by atoms with E-state index < -0.39 is 10.0 Å². The quantitative estimate of drug-likeness (QED) is 0.936. The number of sulfonamides is 1. The van der Waals surface area contributed by atoms with Crippen LogP contribution in [0.2, 0.25) is 5.15 Å². The molecule has 0 saturated carbocycles. The van der Waals surface area contributed by atoms with Crippen LogP contribution in [-0.2, 0) is 17.1 Å². The Kier molecular flexibility index (Phi) is 3.68. The molecule has 1 aromatic heterocycles. The third-order valence-electron chi connectivity index (χ3n) is 2.43. The number of rotatable bonds is 4. The summed E-state index contributed by atoms with van der Waals surface area (Å²) in [6.07, 6.45) is 1.34. The molecule has 0 atom stereocenters. The van der Waals surface area contributed by atoms with E-state index >= 15 is 0 Å². The molecule has 1 heterocycles. The van der Waals surface area contributed by atoms with Crippen molar-refractivity contribution >= 4 is 27.3 Å². The number of aryl methyl sites for hydroxylation is 1. The van der Waals surface area contributed by atoms with Crippen molar-refractivity contribution in [3.63, 3.8) is 0 Å². The molecule has 1 aromatic carbocycles. The fourth-order valence-electron chi connectivity index (χ4n) is 1.44. The number of hydrogen-bond acceptors (Lipinski definition) is 4. The van der Waals surface area contributed by atoms with E-state index in [2.05, 4.69) is 9.71 Å². The zero-order valence-electron chi connectivity index (χ0n) is 10.3. The van der Waals surface area contributed by atoms with E-state index in [1.807, 2.05) is 0 Å². The maximum atomic E-state index is 12.1. The van der Waals surface area contributed by atoms with Crippen molar-refractivity contribution in [2.45, 2.75) is 5.03 Å². The van der Waals surface area contributed by atoms with E-state index in [0.29, 0.717) is 11.4 Å². The van der Waals surface area contributed by atoms with Crippen LogP contribution < -0.4 is 9.46 Å². The number of imidazole rings is 1. The number of benzene rings is 1. The molecule has 6 nitrogen and oxygen atoms in total. The molecule has 0 aliphatic heterocycles. The van der Waals surface area contributed by atoms with E-state index in [0.717, 1.165) is 0 Å². The van der Waals surface area contributed by atoms with Crippen LogP contribution in [0.1, 0.15) is 0 Å². The Morgan fingerprint density at radius 1 is 1.32 bits per heavy atom. The van der Waals surface area contributed by atoms with Crippen LogP contribution in [0.15, 0.2) is 35.6 Å². The SMILES string of the molecule is COc1ccc(NS(=O)(=O)c2ncn(C)c2Cl)cc1. The van der Waals surface area contributed by atoms with Crippen molar-refractivity contribution in [3.8, 4) is 5.75 Å². The smallest absolute Gasteiger partial charge is 0.282 e.